The Labute approximate surface area is 64.6 Å². The molecule has 0 radical (unpaired) electrons. The fourth-order valence-electron chi connectivity index (χ4n) is 0.651. The quantitative estimate of drug-likeness (QED) is 0.580. The number of nitrogens with two attached hydrogens (primary N) is 1. The van der Waals surface area contributed by atoms with Gasteiger partial charge in [0.1, 0.15) is 0 Å². The highest BCUT2D eigenvalue weighted by atomic mass is 16.1. The lowest BCUT2D eigenvalue weighted by Gasteiger charge is -1.92. The Kier molecular flexibility index (Phi) is 2.38. The molecule has 0 aromatic heterocycles. The monoisotopic (exact) mass is 148 g/mol. The number of carbonyl (C=O) groups excluding carboxylic acids is 1. The predicted molar refractivity (Wildman–Crippen MR) is 44.0 cm³/mol. The van der Waals surface area contributed by atoms with E-state index in [1.165, 1.54) is 6.20 Å². The van der Waals surface area contributed by atoms with Gasteiger partial charge < -0.3 is 5.73 Å². The van der Waals surface area contributed by atoms with Crippen LogP contribution in [0, 0.1) is 0 Å². The van der Waals surface area contributed by atoms with E-state index in [4.69, 9.17) is 5.73 Å². The molecule has 0 fully saturated rings. The van der Waals surface area contributed by atoms with Crippen LogP contribution in [-0.2, 0) is 4.79 Å². The van der Waals surface area contributed by atoms with Crippen molar-refractivity contribution in [2.75, 3.05) is 0 Å². The van der Waals surface area contributed by atoms with Gasteiger partial charge in [-0.15, -0.1) is 0 Å². The van der Waals surface area contributed by atoms with Gasteiger partial charge in [-0.25, -0.2) is 0 Å². The predicted octanol–water partition coefficient (Wildman–Crippen LogP) is 0.552. The molecule has 3 nitrogen and oxygen atoms in total. The highest BCUT2D eigenvalue weighted by Crippen LogP contribution is 1.98. The zero-order chi connectivity index (χ0) is 8.10. The number of nitrogens with zero attached hydrogens (tertiary/aromatic N) is 1. The second-order valence-corrected chi connectivity index (χ2v) is 1.99. The van der Waals surface area contributed by atoms with Crippen molar-refractivity contribution in [1.29, 1.82) is 0 Å². The fourth-order valence-corrected chi connectivity index (χ4v) is 0.651. The molecule has 0 atom stereocenters. The van der Waals surface area contributed by atoms with E-state index in [9.17, 15) is 4.79 Å². The molecule has 2 N–H and O–H groups in total. The SMILES string of the molecule is NC(=O)C1=C/C=C\C=N/C=C\1. The van der Waals surface area contributed by atoms with E-state index in [2.05, 4.69) is 4.99 Å². The number of allylic oxidation sites excluding steroid dienone is 3. The second-order valence-electron chi connectivity index (χ2n) is 1.99. The van der Waals surface area contributed by atoms with E-state index < -0.39 is 5.91 Å². The lowest BCUT2D eigenvalue weighted by molar-refractivity contribution is -0.114. The van der Waals surface area contributed by atoms with Gasteiger partial charge >= 0.3 is 0 Å². The minimum absolute atomic E-state index is 0.442. The van der Waals surface area contributed by atoms with Gasteiger partial charge in [0.05, 0.1) is 0 Å². The molecule has 0 saturated heterocycles. The molecule has 0 aromatic rings. The summed E-state index contributed by atoms with van der Waals surface area (Å²) in [6.07, 6.45) is 9.82. The van der Waals surface area contributed by atoms with Crippen LogP contribution in [0.1, 0.15) is 0 Å². The van der Waals surface area contributed by atoms with Crippen molar-refractivity contribution >= 4 is 12.1 Å². The Morgan fingerprint density at radius 1 is 1.45 bits per heavy atom. The summed E-state index contributed by atoms with van der Waals surface area (Å²) in [6.45, 7) is 0. The first kappa shape index (κ1) is 7.47. The summed E-state index contributed by atoms with van der Waals surface area (Å²) < 4.78 is 0. The van der Waals surface area contributed by atoms with E-state index >= 15 is 0 Å². The summed E-state index contributed by atoms with van der Waals surface area (Å²) in [4.78, 5) is 14.5. The second kappa shape index (κ2) is 3.51. The third-order valence-electron chi connectivity index (χ3n) is 1.18. The van der Waals surface area contributed by atoms with Crippen molar-refractivity contribution in [2.45, 2.75) is 0 Å². The molecule has 0 aromatic carbocycles. The highest BCUT2D eigenvalue weighted by molar-refractivity contribution is 5.95. The van der Waals surface area contributed by atoms with Crippen LogP contribution in [0.5, 0.6) is 0 Å². The molecule has 1 heterocycles. The maximum absolute atomic E-state index is 10.6. The summed E-state index contributed by atoms with van der Waals surface area (Å²) in [5, 5.41) is 0. The minimum Gasteiger partial charge on any atom is -0.366 e. The lowest BCUT2D eigenvalue weighted by atomic mass is 10.2. The van der Waals surface area contributed by atoms with Crippen molar-refractivity contribution in [3.8, 4) is 0 Å². The van der Waals surface area contributed by atoms with E-state index in [0.717, 1.165) is 0 Å². The number of aliphatic imine (C=N–C) groups is 1. The molecule has 0 aliphatic carbocycles. The number of primary amides is 1. The Hall–Kier alpha value is -1.64. The number of hydrogen-bond donors (Lipinski definition) is 1. The highest BCUT2D eigenvalue weighted by Gasteiger charge is 1.97. The van der Waals surface area contributed by atoms with Crippen molar-refractivity contribution in [2.24, 2.45) is 10.7 Å². The minimum atomic E-state index is -0.442. The molecule has 0 saturated carbocycles. The van der Waals surface area contributed by atoms with Gasteiger partial charge in [0.2, 0.25) is 5.91 Å². The largest absolute Gasteiger partial charge is 0.366 e. The average molecular weight is 148 g/mol. The summed E-state index contributed by atoms with van der Waals surface area (Å²) in [7, 11) is 0. The molecular weight excluding hydrogens is 140 g/mol. The first-order valence-corrected chi connectivity index (χ1v) is 3.17. The van der Waals surface area contributed by atoms with Crippen LogP contribution < -0.4 is 5.73 Å². The van der Waals surface area contributed by atoms with Crippen molar-refractivity contribution in [3.05, 3.63) is 36.1 Å². The van der Waals surface area contributed by atoms with Crippen molar-refractivity contribution in [1.82, 2.24) is 0 Å². The fraction of sp³-hybridized carbons (Fsp3) is 0. The summed E-state index contributed by atoms with van der Waals surface area (Å²) in [6, 6.07) is 0. The van der Waals surface area contributed by atoms with Gasteiger partial charge in [-0.2, -0.15) is 0 Å². The molecule has 1 aliphatic heterocycles. The third kappa shape index (κ3) is 2.21. The van der Waals surface area contributed by atoms with Crippen LogP contribution in [0.4, 0.5) is 0 Å². The van der Waals surface area contributed by atoms with Crippen LogP contribution >= 0.6 is 0 Å². The number of amides is 1. The number of hydrogen-bond acceptors (Lipinski definition) is 2. The third-order valence-corrected chi connectivity index (χ3v) is 1.18. The standard InChI is InChI=1S/C8H8N2O/c9-8(11)7-3-1-2-5-10-6-4-7/h1-6H,(H2,9,11)/b2-1-,3-1?,5-2?,6-4-,7-3+,7-4?,10-5-,10-6?. The normalized spacial score (nSPS) is 28.9. The first-order valence-electron chi connectivity index (χ1n) is 3.17. The maximum atomic E-state index is 10.6. The average Bonchev–Trinajstić information content (AvgIpc) is 1.84. The van der Waals surface area contributed by atoms with Crippen molar-refractivity contribution < 1.29 is 4.79 Å². The first-order chi connectivity index (χ1) is 5.30. The van der Waals surface area contributed by atoms with Gasteiger partial charge in [0, 0.05) is 18.0 Å². The zero-order valence-electron chi connectivity index (χ0n) is 5.90. The van der Waals surface area contributed by atoms with Crippen molar-refractivity contribution in [3.63, 3.8) is 0 Å². The Morgan fingerprint density at radius 3 is 3.00 bits per heavy atom. The van der Waals surface area contributed by atoms with Crippen LogP contribution in [0.2, 0.25) is 0 Å². The number of carbonyl (C=O) groups is 1. The summed E-state index contributed by atoms with van der Waals surface area (Å²) >= 11 is 0. The van der Waals surface area contributed by atoms with E-state index in [1.54, 1.807) is 30.5 Å². The van der Waals surface area contributed by atoms with E-state index in [0.29, 0.717) is 5.57 Å². The summed E-state index contributed by atoms with van der Waals surface area (Å²) in [5.41, 5.74) is 5.50. The van der Waals surface area contributed by atoms with E-state index in [-0.39, 0.29) is 0 Å². The summed E-state index contributed by atoms with van der Waals surface area (Å²) in [5.74, 6) is -0.442. The number of rotatable bonds is 1. The molecule has 1 aliphatic rings. The zero-order valence-corrected chi connectivity index (χ0v) is 5.90. The molecule has 0 spiro atoms. The maximum Gasteiger partial charge on any atom is 0.248 e. The topological polar surface area (TPSA) is 55.5 Å². The molecule has 11 heavy (non-hydrogen) atoms. The van der Waals surface area contributed by atoms with Gasteiger partial charge in [-0.3, -0.25) is 9.79 Å². The molecule has 0 bridgehead atoms. The smallest absolute Gasteiger partial charge is 0.248 e. The van der Waals surface area contributed by atoms with Crippen LogP contribution in [-0.4, -0.2) is 12.1 Å². The molecule has 1 rings (SSSR count). The van der Waals surface area contributed by atoms with Crippen LogP contribution in [0.3, 0.4) is 0 Å². The molecule has 0 unspecified atom stereocenters. The van der Waals surface area contributed by atoms with Gasteiger partial charge in [0.15, 0.2) is 0 Å². The molecule has 3 heteroatoms. The lowest BCUT2D eigenvalue weighted by Crippen LogP contribution is -2.12. The molecular formula is C8H8N2O. The van der Waals surface area contributed by atoms with Gasteiger partial charge in [-0.1, -0.05) is 6.08 Å². The van der Waals surface area contributed by atoms with E-state index in [1.807, 2.05) is 0 Å². The van der Waals surface area contributed by atoms with Gasteiger partial charge in [0.25, 0.3) is 0 Å². The Bertz CT molecular complexity index is 272. The molecule has 56 valence electrons. The van der Waals surface area contributed by atoms with Gasteiger partial charge in [-0.05, 0) is 18.2 Å². The Balaban J connectivity index is 2.87. The molecule has 1 amide bonds. The van der Waals surface area contributed by atoms with Crippen LogP contribution in [0.15, 0.2) is 41.1 Å². The van der Waals surface area contributed by atoms with Crippen LogP contribution in [0.25, 0.3) is 0 Å². The Morgan fingerprint density at radius 2 is 2.27 bits per heavy atom.